The van der Waals surface area contributed by atoms with Crippen LogP contribution >= 0.6 is 0 Å². The summed E-state index contributed by atoms with van der Waals surface area (Å²) in [4.78, 5) is 7.02. The molecule has 0 spiro atoms. The lowest BCUT2D eigenvalue weighted by Crippen LogP contribution is -2.40. The maximum absolute atomic E-state index is 5.97. The SMILES string of the molecule is CC(C)C1CCCN1C(CN)c1ccccn1. The quantitative estimate of drug-likeness (QED) is 0.867. The Bertz CT molecular complexity index is 337. The highest BCUT2D eigenvalue weighted by molar-refractivity contribution is 5.10. The first-order valence-corrected chi connectivity index (χ1v) is 6.60. The van der Waals surface area contributed by atoms with Gasteiger partial charge in [-0.2, -0.15) is 0 Å². The van der Waals surface area contributed by atoms with Gasteiger partial charge in [0.1, 0.15) is 0 Å². The molecule has 1 saturated heterocycles. The minimum absolute atomic E-state index is 0.283. The molecule has 0 radical (unpaired) electrons. The van der Waals surface area contributed by atoms with Gasteiger partial charge < -0.3 is 5.73 Å². The van der Waals surface area contributed by atoms with Crippen molar-refractivity contribution in [3.8, 4) is 0 Å². The predicted molar refractivity (Wildman–Crippen MR) is 70.6 cm³/mol. The standard InChI is InChI=1S/C14H23N3/c1-11(2)13-7-5-9-17(13)14(10-15)12-6-3-4-8-16-12/h3-4,6,8,11,13-14H,5,7,9-10,15H2,1-2H3. The first kappa shape index (κ1) is 12.5. The smallest absolute Gasteiger partial charge is 0.0647 e. The summed E-state index contributed by atoms with van der Waals surface area (Å²) in [7, 11) is 0. The molecule has 1 aliphatic heterocycles. The van der Waals surface area contributed by atoms with Crippen molar-refractivity contribution in [1.29, 1.82) is 0 Å². The van der Waals surface area contributed by atoms with E-state index < -0.39 is 0 Å². The molecule has 1 aromatic rings. The van der Waals surface area contributed by atoms with E-state index in [0.29, 0.717) is 18.5 Å². The Kier molecular flexibility index (Phi) is 4.13. The highest BCUT2D eigenvalue weighted by Gasteiger charge is 2.32. The first-order valence-electron chi connectivity index (χ1n) is 6.60. The Balaban J connectivity index is 2.18. The largest absolute Gasteiger partial charge is 0.329 e. The van der Waals surface area contributed by atoms with Crippen LogP contribution in [0.2, 0.25) is 0 Å². The minimum atomic E-state index is 0.283. The first-order chi connectivity index (χ1) is 8.24. The highest BCUT2D eigenvalue weighted by atomic mass is 15.2. The topological polar surface area (TPSA) is 42.1 Å². The van der Waals surface area contributed by atoms with E-state index in [1.54, 1.807) is 0 Å². The Hall–Kier alpha value is -0.930. The number of nitrogens with two attached hydrogens (primary N) is 1. The number of pyridine rings is 1. The molecule has 2 N–H and O–H groups in total. The summed E-state index contributed by atoms with van der Waals surface area (Å²) in [6.45, 7) is 6.41. The molecule has 1 aliphatic rings. The van der Waals surface area contributed by atoms with E-state index in [1.807, 2.05) is 18.3 Å². The van der Waals surface area contributed by atoms with E-state index in [4.69, 9.17) is 5.73 Å². The van der Waals surface area contributed by atoms with Gasteiger partial charge in [0.25, 0.3) is 0 Å². The van der Waals surface area contributed by atoms with Gasteiger partial charge in [-0.3, -0.25) is 9.88 Å². The predicted octanol–water partition coefficient (Wildman–Crippen LogP) is 2.20. The van der Waals surface area contributed by atoms with Crippen LogP contribution in [-0.2, 0) is 0 Å². The summed E-state index contributed by atoms with van der Waals surface area (Å²) in [5.41, 5.74) is 7.08. The molecule has 3 heteroatoms. The summed E-state index contributed by atoms with van der Waals surface area (Å²) in [6, 6.07) is 7.04. The van der Waals surface area contributed by atoms with Gasteiger partial charge in [-0.15, -0.1) is 0 Å². The monoisotopic (exact) mass is 233 g/mol. The van der Waals surface area contributed by atoms with Crippen molar-refractivity contribution in [2.45, 2.75) is 38.8 Å². The lowest BCUT2D eigenvalue weighted by molar-refractivity contribution is 0.147. The Morgan fingerprint density at radius 2 is 2.29 bits per heavy atom. The van der Waals surface area contributed by atoms with Crippen LogP contribution in [0.25, 0.3) is 0 Å². The third-order valence-electron chi connectivity index (χ3n) is 3.76. The van der Waals surface area contributed by atoms with Crippen molar-refractivity contribution >= 4 is 0 Å². The van der Waals surface area contributed by atoms with Gasteiger partial charge >= 0.3 is 0 Å². The Morgan fingerprint density at radius 3 is 2.88 bits per heavy atom. The molecule has 2 rings (SSSR count). The van der Waals surface area contributed by atoms with Crippen LogP contribution < -0.4 is 5.73 Å². The number of hydrogen-bond acceptors (Lipinski definition) is 3. The molecule has 0 aliphatic carbocycles. The maximum atomic E-state index is 5.97. The van der Waals surface area contributed by atoms with E-state index in [9.17, 15) is 0 Å². The number of rotatable bonds is 4. The van der Waals surface area contributed by atoms with Gasteiger partial charge in [0, 0.05) is 18.8 Å². The fourth-order valence-corrected chi connectivity index (χ4v) is 2.92. The third kappa shape index (κ3) is 2.67. The van der Waals surface area contributed by atoms with Crippen LogP contribution in [0.1, 0.15) is 38.4 Å². The van der Waals surface area contributed by atoms with E-state index in [-0.39, 0.29) is 6.04 Å². The second-order valence-electron chi connectivity index (χ2n) is 5.20. The molecule has 2 unspecified atom stereocenters. The van der Waals surface area contributed by atoms with Gasteiger partial charge in [0.15, 0.2) is 0 Å². The van der Waals surface area contributed by atoms with Crippen molar-refractivity contribution in [1.82, 2.24) is 9.88 Å². The number of aromatic nitrogens is 1. The Labute approximate surface area is 104 Å². The van der Waals surface area contributed by atoms with E-state index >= 15 is 0 Å². The molecule has 1 aromatic heterocycles. The average Bonchev–Trinajstić information content (AvgIpc) is 2.81. The molecular formula is C14H23N3. The lowest BCUT2D eigenvalue weighted by atomic mass is 10.00. The van der Waals surface area contributed by atoms with Crippen LogP contribution in [0.5, 0.6) is 0 Å². The van der Waals surface area contributed by atoms with Crippen LogP contribution in [0.4, 0.5) is 0 Å². The molecule has 17 heavy (non-hydrogen) atoms. The van der Waals surface area contributed by atoms with Gasteiger partial charge in [-0.1, -0.05) is 19.9 Å². The normalized spacial score (nSPS) is 23.2. The summed E-state index contributed by atoms with van der Waals surface area (Å²) in [6.07, 6.45) is 4.44. The minimum Gasteiger partial charge on any atom is -0.329 e. The zero-order chi connectivity index (χ0) is 12.3. The number of nitrogens with zero attached hydrogens (tertiary/aromatic N) is 2. The maximum Gasteiger partial charge on any atom is 0.0647 e. The lowest BCUT2D eigenvalue weighted by Gasteiger charge is -2.34. The van der Waals surface area contributed by atoms with Crippen molar-refractivity contribution in [2.24, 2.45) is 11.7 Å². The molecule has 2 atom stereocenters. The van der Waals surface area contributed by atoms with E-state index in [2.05, 4.69) is 29.8 Å². The third-order valence-corrected chi connectivity index (χ3v) is 3.76. The van der Waals surface area contributed by atoms with Crippen LogP contribution in [0, 0.1) is 5.92 Å². The van der Waals surface area contributed by atoms with Crippen molar-refractivity contribution in [3.63, 3.8) is 0 Å². The summed E-state index contributed by atoms with van der Waals surface area (Å²) >= 11 is 0. The molecule has 1 fully saturated rings. The zero-order valence-electron chi connectivity index (χ0n) is 10.8. The van der Waals surface area contributed by atoms with Gasteiger partial charge in [-0.05, 0) is 37.4 Å². The summed E-state index contributed by atoms with van der Waals surface area (Å²) in [5, 5.41) is 0. The number of hydrogen-bond donors (Lipinski definition) is 1. The average molecular weight is 233 g/mol. The fraction of sp³-hybridized carbons (Fsp3) is 0.643. The molecule has 3 nitrogen and oxygen atoms in total. The number of likely N-dealkylation sites (tertiary alicyclic amines) is 1. The Morgan fingerprint density at radius 1 is 1.47 bits per heavy atom. The summed E-state index contributed by atoms with van der Waals surface area (Å²) < 4.78 is 0. The fourth-order valence-electron chi connectivity index (χ4n) is 2.92. The van der Waals surface area contributed by atoms with Crippen molar-refractivity contribution < 1.29 is 0 Å². The van der Waals surface area contributed by atoms with Gasteiger partial charge in [0.2, 0.25) is 0 Å². The van der Waals surface area contributed by atoms with E-state index in [0.717, 1.165) is 12.2 Å². The molecular weight excluding hydrogens is 210 g/mol. The molecule has 0 aromatic carbocycles. The summed E-state index contributed by atoms with van der Waals surface area (Å²) in [5.74, 6) is 0.690. The van der Waals surface area contributed by atoms with E-state index in [1.165, 1.54) is 12.8 Å². The molecule has 2 heterocycles. The molecule has 0 saturated carbocycles. The van der Waals surface area contributed by atoms with Crippen molar-refractivity contribution in [3.05, 3.63) is 30.1 Å². The molecule has 0 amide bonds. The van der Waals surface area contributed by atoms with Gasteiger partial charge in [0.05, 0.1) is 11.7 Å². The second kappa shape index (κ2) is 5.61. The highest BCUT2D eigenvalue weighted by Crippen LogP contribution is 2.31. The van der Waals surface area contributed by atoms with Gasteiger partial charge in [-0.25, -0.2) is 0 Å². The van der Waals surface area contributed by atoms with Crippen molar-refractivity contribution in [2.75, 3.05) is 13.1 Å². The second-order valence-corrected chi connectivity index (χ2v) is 5.20. The molecule has 0 bridgehead atoms. The van der Waals surface area contributed by atoms with Crippen LogP contribution in [0.15, 0.2) is 24.4 Å². The van der Waals surface area contributed by atoms with Crippen LogP contribution in [0.3, 0.4) is 0 Å². The molecule has 94 valence electrons. The zero-order valence-corrected chi connectivity index (χ0v) is 10.8. The van der Waals surface area contributed by atoms with Crippen LogP contribution in [-0.4, -0.2) is 29.0 Å².